The van der Waals surface area contributed by atoms with Crippen LogP contribution < -0.4 is 0 Å². The standard InChI is InChI=1S/C12H14N4O2S/c17-19(18,12-7-14-9-15-12)16(11-1-2-11)8-10-3-5-13-6-4-10/h3-7,9,11H,1-2,8H2,(H,14,15). The van der Waals surface area contributed by atoms with Gasteiger partial charge >= 0.3 is 0 Å². The third-order valence-electron chi connectivity index (χ3n) is 3.10. The topological polar surface area (TPSA) is 79.0 Å². The predicted molar refractivity (Wildman–Crippen MR) is 68.6 cm³/mol. The number of H-pyrrole nitrogens is 1. The van der Waals surface area contributed by atoms with E-state index >= 15 is 0 Å². The number of aromatic nitrogens is 3. The van der Waals surface area contributed by atoms with Gasteiger partial charge in [0.15, 0.2) is 5.03 Å². The Bertz CT molecular complexity index is 636. The summed E-state index contributed by atoms with van der Waals surface area (Å²) in [7, 11) is -3.50. The maximum absolute atomic E-state index is 12.5. The largest absolute Gasteiger partial charge is 0.335 e. The molecule has 2 aromatic rings. The summed E-state index contributed by atoms with van der Waals surface area (Å²) in [6, 6.07) is 3.76. The van der Waals surface area contributed by atoms with Crippen molar-refractivity contribution >= 4 is 10.0 Å². The number of nitrogens with zero attached hydrogens (tertiary/aromatic N) is 3. The van der Waals surface area contributed by atoms with Crippen molar-refractivity contribution in [3.8, 4) is 0 Å². The Hall–Kier alpha value is -1.73. The molecule has 2 aromatic heterocycles. The highest BCUT2D eigenvalue weighted by Crippen LogP contribution is 2.32. The molecule has 0 bridgehead atoms. The number of pyridine rings is 1. The molecule has 0 amide bonds. The summed E-state index contributed by atoms with van der Waals surface area (Å²) < 4.78 is 26.6. The first-order valence-electron chi connectivity index (χ1n) is 6.07. The molecule has 19 heavy (non-hydrogen) atoms. The number of rotatable bonds is 5. The second-order valence-electron chi connectivity index (χ2n) is 4.55. The van der Waals surface area contributed by atoms with Crippen LogP contribution in [0.2, 0.25) is 0 Å². The zero-order valence-electron chi connectivity index (χ0n) is 10.2. The van der Waals surface area contributed by atoms with E-state index in [-0.39, 0.29) is 11.1 Å². The van der Waals surface area contributed by atoms with E-state index in [4.69, 9.17) is 0 Å². The molecule has 1 N–H and O–H groups in total. The fraction of sp³-hybridized carbons (Fsp3) is 0.333. The number of nitrogens with one attached hydrogen (secondary N) is 1. The summed E-state index contributed by atoms with van der Waals surface area (Å²) in [5.41, 5.74) is 0.935. The van der Waals surface area contributed by atoms with Gasteiger partial charge in [-0.3, -0.25) is 4.98 Å². The van der Waals surface area contributed by atoms with Crippen molar-refractivity contribution in [3.63, 3.8) is 0 Å². The Morgan fingerprint density at radius 3 is 2.58 bits per heavy atom. The second kappa shape index (κ2) is 4.75. The molecule has 1 aliphatic carbocycles. The molecule has 0 unspecified atom stereocenters. The van der Waals surface area contributed by atoms with Crippen LogP contribution >= 0.6 is 0 Å². The van der Waals surface area contributed by atoms with Gasteiger partial charge in [0.05, 0.1) is 12.5 Å². The van der Waals surface area contributed by atoms with Gasteiger partial charge in [-0.05, 0) is 30.5 Å². The number of hydrogen-bond donors (Lipinski definition) is 1. The monoisotopic (exact) mass is 278 g/mol. The Morgan fingerprint density at radius 1 is 1.26 bits per heavy atom. The van der Waals surface area contributed by atoms with Crippen LogP contribution in [0.15, 0.2) is 42.1 Å². The van der Waals surface area contributed by atoms with Crippen LogP contribution in [0.1, 0.15) is 18.4 Å². The number of hydrogen-bond acceptors (Lipinski definition) is 4. The molecular formula is C12H14N4O2S. The van der Waals surface area contributed by atoms with Gasteiger partial charge in [-0.1, -0.05) is 0 Å². The van der Waals surface area contributed by atoms with Crippen LogP contribution in [-0.4, -0.2) is 33.7 Å². The zero-order chi connectivity index (χ0) is 13.3. The number of aromatic amines is 1. The molecule has 1 saturated carbocycles. The van der Waals surface area contributed by atoms with E-state index in [1.165, 1.54) is 16.8 Å². The van der Waals surface area contributed by atoms with Gasteiger partial charge in [0.1, 0.15) is 0 Å². The van der Waals surface area contributed by atoms with Crippen LogP contribution in [0.3, 0.4) is 0 Å². The fourth-order valence-electron chi connectivity index (χ4n) is 1.95. The molecule has 3 rings (SSSR count). The van der Waals surface area contributed by atoms with Gasteiger partial charge in [0.2, 0.25) is 0 Å². The second-order valence-corrected chi connectivity index (χ2v) is 6.41. The molecule has 1 fully saturated rings. The first kappa shape index (κ1) is 12.3. The minimum Gasteiger partial charge on any atom is -0.335 e. The van der Waals surface area contributed by atoms with Crippen molar-refractivity contribution in [2.45, 2.75) is 30.5 Å². The third kappa shape index (κ3) is 2.52. The molecule has 7 heteroatoms. The lowest BCUT2D eigenvalue weighted by molar-refractivity contribution is 0.397. The molecule has 2 heterocycles. The summed E-state index contributed by atoms with van der Waals surface area (Å²) in [4.78, 5) is 10.4. The SMILES string of the molecule is O=S(=O)(c1cnc[nH]1)N(Cc1ccncc1)C1CC1. The van der Waals surface area contributed by atoms with Crippen molar-refractivity contribution in [2.24, 2.45) is 0 Å². The van der Waals surface area contributed by atoms with Crippen LogP contribution in [0.25, 0.3) is 0 Å². The van der Waals surface area contributed by atoms with Crippen molar-refractivity contribution in [1.29, 1.82) is 0 Å². The van der Waals surface area contributed by atoms with E-state index in [1.807, 2.05) is 12.1 Å². The lowest BCUT2D eigenvalue weighted by atomic mass is 10.3. The molecule has 1 aliphatic rings. The summed E-state index contributed by atoms with van der Waals surface area (Å²) in [5, 5.41) is 0.147. The Kier molecular flexibility index (Phi) is 3.08. The van der Waals surface area contributed by atoms with Gasteiger partial charge in [-0.15, -0.1) is 0 Å². The molecular weight excluding hydrogens is 264 g/mol. The summed E-state index contributed by atoms with van der Waals surface area (Å²) in [6.45, 7) is 0.370. The fourth-order valence-corrected chi connectivity index (χ4v) is 3.52. The molecule has 6 nitrogen and oxygen atoms in total. The molecule has 0 radical (unpaired) electrons. The van der Waals surface area contributed by atoms with Crippen molar-refractivity contribution in [2.75, 3.05) is 0 Å². The maximum atomic E-state index is 12.5. The van der Waals surface area contributed by atoms with Gasteiger partial charge in [-0.2, -0.15) is 4.31 Å². The van der Waals surface area contributed by atoms with E-state index in [0.717, 1.165) is 18.4 Å². The van der Waals surface area contributed by atoms with Crippen molar-refractivity contribution in [3.05, 3.63) is 42.6 Å². The highest BCUT2D eigenvalue weighted by Gasteiger charge is 2.38. The molecule has 0 aliphatic heterocycles. The van der Waals surface area contributed by atoms with Crippen LogP contribution in [0.4, 0.5) is 0 Å². The molecule has 0 aromatic carbocycles. The number of imidazole rings is 1. The minimum atomic E-state index is -3.50. The molecule has 0 spiro atoms. The third-order valence-corrected chi connectivity index (χ3v) is 4.93. The Labute approximate surface area is 111 Å². The smallest absolute Gasteiger partial charge is 0.260 e. The predicted octanol–water partition coefficient (Wildman–Crippen LogP) is 1.16. The average Bonchev–Trinajstić information content (AvgIpc) is 3.09. The summed E-state index contributed by atoms with van der Waals surface area (Å²) in [5.74, 6) is 0. The maximum Gasteiger partial charge on any atom is 0.260 e. The van der Waals surface area contributed by atoms with Gasteiger partial charge in [0, 0.05) is 25.0 Å². The average molecular weight is 278 g/mol. The molecule has 100 valence electrons. The van der Waals surface area contributed by atoms with Gasteiger partial charge < -0.3 is 4.98 Å². The van der Waals surface area contributed by atoms with Gasteiger partial charge in [-0.25, -0.2) is 13.4 Å². The highest BCUT2D eigenvalue weighted by molar-refractivity contribution is 7.89. The Morgan fingerprint density at radius 2 is 2.00 bits per heavy atom. The van der Waals surface area contributed by atoms with Gasteiger partial charge in [0.25, 0.3) is 10.0 Å². The van der Waals surface area contributed by atoms with E-state index in [1.54, 1.807) is 12.4 Å². The normalized spacial score (nSPS) is 15.8. The molecule has 0 saturated heterocycles. The van der Waals surface area contributed by atoms with Crippen molar-refractivity contribution in [1.82, 2.24) is 19.3 Å². The van der Waals surface area contributed by atoms with E-state index in [2.05, 4.69) is 15.0 Å². The van der Waals surface area contributed by atoms with Crippen LogP contribution in [0, 0.1) is 0 Å². The first-order chi connectivity index (χ1) is 9.18. The number of sulfonamides is 1. The van der Waals surface area contributed by atoms with E-state index in [9.17, 15) is 8.42 Å². The lowest BCUT2D eigenvalue weighted by Crippen LogP contribution is -2.32. The minimum absolute atomic E-state index is 0.0986. The first-order valence-corrected chi connectivity index (χ1v) is 7.51. The summed E-state index contributed by atoms with van der Waals surface area (Å²) >= 11 is 0. The summed E-state index contributed by atoms with van der Waals surface area (Å²) in [6.07, 6.45) is 7.89. The lowest BCUT2D eigenvalue weighted by Gasteiger charge is -2.20. The quantitative estimate of drug-likeness (QED) is 0.890. The zero-order valence-corrected chi connectivity index (χ0v) is 11.0. The van der Waals surface area contributed by atoms with Crippen LogP contribution in [0.5, 0.6) is 0 Å². The van der Waals surface area contributed by atoms with E-state index in [0.29, 0.717) is 6.54 Å². The van der Waals surface area contributed by atoms with Crippen molar-refractivity contribution < 1.29 is 8.42 Å². The Balaban J connectivity index is 1.90. The van der Waals surface area contributed by atoms with Crippen LogP contribution in [-0.2, 0) is 16.6 Å². The van der Waals surface area contributed by atoms with E-state index < -0.39 is 10.0 Å². The molecule has 0 atom stereocenters. The highest BCUT2D eigenvalue weighted by atomic mass is 32.2.